The lowest BCUT2D eigenvalue weighted by atomic mass is 9.51. The summed E-state index contributed by atoms with van der Waals surface area (Å²) < 4.78 is 97.2. The molecule has 1 saturated carbocycles. The van der Waals surface area contributed by atoms with Crippen LogP contribution in [-0.2, 0) is 52.4 Å². The summed E-state index contributed by atoms with van der Waals surface area (Å²) in [6.45, 7) is 4.58. The Morgan fingerprint density at radius 1 is 1.02 bits per heavy atom. The molecule has 0 unspecified atom stereocenters. The van der Waals surface area contributed by atoms with Crippen LogP contribution in [-0.4, -0.2) is 81.7 Å². The predicted octanol–water partition coefficient (Wildman–Crippen LogP) is 3.04. The Bertz CT molecular complexity index is 1370. The summed E-state index contributed by atoms with van der Waals surface area (Å²) in [6.07, 6.45) is 3.58. The third kappa shape index (κ3) is 5.31. The van der Waals surface area contributed by atoms with Crippen LogP contribution < -0.4 is 0 Å². The number of carbonyl (C=O) groups excluding carboxylic acids is 3. The Morgan fingerprint density at radius 3 is 2.35 bits per heavy atom. The number of rotatable bonds is 2. The van der Waals surface area contributed by atoms with Gasteiger partial charge in [-0.15, -0.1) is 0 Å². The fraction of sp³-hybridized carbons (Fsp3) is 0.679. The summed E-state index contributed by atoms with van der Waals surface area (Å²) in [6, 6.07) is 0. The first-order valence-electron chi connectivity index (χ1n) is 13.9. The van der Waals surface area contributed by atoms with Crippen LogP contribution >= 0.6 is 0 Å². The minimum absolute atomic E-state index is 0.230. The smallest absolute Gasteiger partial charge is 0.463 e. The van der Waals surface area contributed by atoms with Gasteiger partial charge in [-0.05, 0) is 32.1 Å². The van der Waals surface area contributed by atoms with Crippen LogP contribution in [0.15, 0.2) is 36.0 Å². The van der Waals surface area contributed by atoms with E-state index in [1.165, 1.54) is 19.1 Å². The standard InChI is InChI=1S/C28H33F3O11S/c1-16-8-10-26-14-38-24(34)23(42-43(35,36)28(29,30)31)17(2)9-11-37-21(32)6-4-5-7-22(33)41-18-13-20(40-19(26)12-16)27(15-39-27)25(18,26)3/h4-7,12,17-20,23H,8-11,13-15H2,1-3H3/b6-4+,7-5-/t17-,18-,19-,20-,23+,25-,26-,27+/m1/s1. The maximum Gasteiger partial charge on any atom is 0.523 e. The number of epoxide rings is 1. The maximum absolute atomic E-state index is 13.4. The van der Waals surface area contributed by atoms with Crippen molar-refractivity contribution < 1.29 is 63.8 Å². The number of ether oxygens (including phenoxy) is 5. The van der Waals surface area contributed by atoms with Crippen molar-refractivity contribution in [1.29, 1.82) is 0 Å². The highest BCUT2D eigenvalue weighted by Gasteiger charge is 2.83. The van der Waals surface area contributed by atoms with Gasteiger partial charge < -0.3 is 23.7 Å². The number of alkyl halides is 3. The molecule has 2 spiro atoms. The summed E-state index contributed by atoms with van der Waals surface area (Å²) in [4.78, 5) is 38.3. The normalized spacial score (nSPS) is 42.0. The molecule has 2 aliphatic carbocycles. The Kier molecular flexibility index (Phi) is 8.10. The van der Waals surface area contributed by atoms with E-state index in [2.05, 4.69) is 4.18 Å². The van der Waals surface area contributed by atoms with Crippen molar-refractivity contribution in [2.45, 2.75) is 82.0 Å². The lowest BCUT2D eigenvalue weighted by Crippen LogP contribution is -2.67. The van der Waals surface area contributed by atoms with E-state index in [4.69, 9.17) is 23.7 Å². The van der Waals surface area contributed by atoms with E-state index in [1.54, 1.807) is 0 Å². The van der Waals surface area contributed by atoms with E-state index in [9.17, 15) is 36.0 Å². The lowest BCUT2D eigenvalue weighted by Gasteiger charge is -2.58. The second kappa shape index (κ2) is 11.0. The predicted molar refractivity (Wildman–Crippen MR) is 139 cm³/mol. The van der Waals surface area contributed by atoms with Gasteiger partial charge in [0, 0.05) is 24.0 Å². The van der Waals surface area contributed by atoms with Crippen LogP contribution in [0.3, 0.4) is 0 Å². The van der Waals surface area contributed by atoms with Gasteiger partial charge in [-0.3, -0.25) is 0 Å². The molecule has 5 rings (SSSR count). The van der Waals surface area contributed by atoms with Gasteiger partial charge in [0.05, 0.1) is 30.8 Å². The highest BCUT2D eigenvalue weighted by molar-refractivity contribution is 7.87. The van der Waals surface area contributed by atoms with Crippen molar-refractivity contribution in [3.8, 4) is 0 Å². The summed E-state index contributed by atoms with van der Waals surface area (Å²) in [5, 5.41) is 0. The van der Waals surface area contributed by atoms with Crippen LogP contribution in [0.5, 0.6) is 0 Å². The van der Waals surface area contributed by atoms with Gasteiger partial charge in [0.2, 0.25) is 0 Å². The highest BCUT2D eigenvalue weighted by Crippen LogP contribution is 2.72. The average Bonchev–Trinajstić information content (AvgIpc) is 3.70. The van der Waals surface area contributed by atoms with Crippen molar-refractivity contribution in [3.63, 3.8) is 0 Å². The van der Waals surface area contributed by atoms with E-state index >= 15 is 0 Å². The molecule has 8 atom stereocenters. The molecule has 0 aromatic rings. The molecule has 2 bridgehead atoms. The molecule has 0 N–H and O–H groups in total. The number of esters is 3. The molecule has 0 aromatic carbocycles. The molecule has 0 radical (unpaired) electrons. The summed E-state index contributed by atoms with van der Waals surface area (Å²) in [5.74, 6) is -4.06. The number of cyclic esters (lactones) is 2. The van der Waals surface area contributed by atoms with Crippen molar-refractivity contribution in [3.05, 3.63) is 36.0 Å². The molecule has 3 heterocycles. The zero-order valence-electron chi connectivity index (χ0n) is 23.8. The quantitative estimate of drug-likeness (QED) is 0.110. The fourth-order valence-corrected chi connectivity index (χ4v) is 7.62. The summed E-state index contributed by atoms with van der Waals surface area (Å²) in [5.41, 5.74) is -7.68. The van der Waals surface area contributed by atoms with Gasteiger partial charge in [-0.1, -0.05) is 37.6 Å². The first kappa shape index (κ1) is 31.7. The van der Waals surface area contributed by atoms with Gasteiger partial charge in [-0.25, -0.2) is 18.6 Å². The second-order valence-corrected chi connectivity index (χ2v) is 13.5. The van der Waals surface area contributed by atoms with Crippen LogP contribution in [0.4, 0.5) is 13.2 Å². The van der Waals surface area contributed by atoms with Crippen molar-refractivity contribution in [2.24, 2.45) is 16.7 Å². The third-order valence-electron chi connectivity index (χ3n) is 9.60. The highest BCUT2D eigenvalue weighted by atomic mass is 32.2. The van der Waals surface area contributed by atoms with Gasteiger partial charge in [0.25, 0.3) is 0 Å². The largest absolute Gasteiger partial charge is 0.523 e. The Labute approximate surface area is 246 Å². The topological polar surface area (TPSA) is 144 Å². The van der Waals surface area contributed by atoms with Crippen LogP contribution in [0.1, 0.15) is 46.5 Å². The van der Waals surface area contributed by atoms with E-state index in [0.29, 0.717) is 19.4 Å². The molecule has 11 nitrogen and oxygen atoms in total. The number of halogens is 3. The Hall–Kier alpha value is -2.75. The Balaban J connectivity index is 1.55. The molecule has 0 aromatic heterocycles. The van der Waals surface area contributed by atoms with E-state index < -0.39 is 86.9 Å². The number of hydrogen-bond acceptors (Lipinski definition) is 11. The average molecular weight is 635 g/mol. The minimum Gasteiger partial charge on any atom is -0.463 e. The van der Waals surface area contributed by atoms with Gasteiger partial charge in [0.15, 0.2) is 6.10 Å². The summed E-state index contributed by atoms with van der Waals surface area (Å²) >= 11 is 0. The van der Waals surface area contributed by atoms with E-state index in [-0.39, 0.29) is 19.4 Å². The minimum atomic E-state index is -6.20. The van der Waals surface area contributed by atoms with Crippen LogP contribution in [0.25, 0.3) is 0 Å². The van der Waals surface area contributed by atoms with Crippen LogP contribution in [0.2, 0.25) is 0 Å². The van der Waals surface area contributed by atoms with E-state index in [0.717, 1.165) is 17.7 Å². The number of carbonyl (C=O) groups is 3. The van der Waals surface area contributed by atoms with E-state index in [1.807, 2.05) is 19.9 Å². The van der Waals surface area contributed by atoms with Gasteiger partial charge >= 0.3 is 33.5 Å². The molecular weight excluding hydrogens is 601 g/mol. The molecule has 43 heavy (non-hydrogen) atoms. The molecule has 3 fully saturated rings. The molecule has 15 heteroatoms. The molecule has 238 valence electrons. The molecule has 0 amide bonds. The molecule has 2 saturated heterocycles. The molecule has 5 aliphatic rings. The third-order valence-corrected chi connectivity index (χ3v) is 10.6. The van der Waals surface area contributed by atoms with Gasteiger partial charge in [-0.2, -0.15) is 21.6 Å². The number of allylic oxidation sites excluding steroid dienone is 3. The Morgan fingerprint density at radius 2 is 1.70 bits per heavy atom. The zero-order valence-corrected chi connectivity index (χ0v) is 24.6. The lowest BCUT2D eigenvalue weighted by molar-refractivity contribution is -0.234. The molecular formula is C28H33F3O11S. The monoisotopic (exact) mass is 634 g/mol. The zero-order chi connectivity index (χ0) is 31.4. The fourth-order valence-electron chi connectivity index (χ4n) is 6.97. The van der Waals surface area contributed by atoms with Crippen molar-refractivity contribution in [2.75, 3.05) is 19.8 Å². The SMILES string of the molecule is CC1=C[C@H]2O[C@@H]3C[C@H]4OC(=O)/C=C\C=C\C(=O)OCC[C@@H](C)[C@H](OS(=O)(=O)C(F)(F)F)C(=O)OC[C@@]2(CC1)[C@]4(C)[C@]31CO1. The first-order valence-corrected chi connectivity index (χ1v) is 15.3. The van der Waals surface area contributed by atoms with Crippen molar-refractivity contribution in [1.82, 2.24) is 0 Å². The maximum atomic E-state index is 13.4. The summed E-state index contributed by atoms with van der Waals surface area (Å²) in [7, 11) is -6.20. The second-order valence-electron chi connectivity index (χ2n) is 11.9. The van der Waals surface area contributed by atoms with Crippen LogP contribution in [0, 0.1) is 16.7 Å². The number of hydrogen-bond donors (Lipinski definition) is 0. The van der Waals surface area contributed by atoms with Gasteiger partial charge in [0.1, 0.15) is 18.3 Å². The molecule has 3 aliphatic heterocycles. The first-order chi connectivity index (χ1) is 20.1. The van der Waals surface area contributed by atoms with Crippen molar-refractivity contribution >= 4 is 28.0 Å².